The van der Waals surface area contributed by atoms with Gasteiger partial charge in [0.05, 0.1) is 17.6 Å². The summed E-state index contributed by atoms with van der Waals surface area (Å²) in [6.45, 7) is 9.34. The Balaban J connectivity index is 1.81. The number of carbonyl (C=O) groups is 2. The van der Waals surface area contributed by atoms with Crippen molar-refractivity contribution in [3.63, 3.8) is 0 Å². The van der Waals surface area contributed by atoms with Crippen LogP contribution >= 0.6 is 0 Å². The van der Waals surface area contributed by atoms with E-state index in [1.165, 1.54) is 0 Å². The molecule has 1 saturated heterocycles. The highest BCUT2D eigenvalue weighted by Gasteiger charge is 2.49. The summed E-state index contributed by atoms with van der Waals surface area (Å²) in [6.07, 6.45) is 4.10. The van der Waals surface area contributed by atoms with Gasteiger partial charge < -0.3 is 19.5 Å². The molecule has 2 aliphatic heterocycles. The molecule has 2 aliphatic rings. The molecule has 0 aliphatic carbocycles. The summed E-state index contributed by atoms with van der Waals surface area (Å²) in [4.78, 5) is 36.4. The molecule has 7 heteroatoms. The van der Waals surface area contributed by atoms with Crippen LogP contribution < -0.4 is 0 Å². The lowest BCUT2D eigenvalue weighted by Gasteiger charge is -2.50. The predicted molar refractivity (Wildman–Crippen MR) is 93.0 cm³/mol. The number of imidazole rings is 1. The lowest BCUT2D eigenvalue weighted by atomic mass is 9.78. The van der Waals surface area contributed by atoms with Crippen LogP contribution in [-0.2, 0) is 21.5 Å². The van der Waals surface area contributed by atoms with Crippen molar-refractivity contribution in [2.24, 2.45) is 0 Å². The molecule has 1 aromatic rings. The van der Waals surface area contributed by atoms with Crippen molar-refractivity contribution in [3.05, 3.63) is 17.7 Å². The normalized spacial score (nSPS) is 19.7. The molecule has 0 aromatic carbocycles. The molecule has 0 atom stereocenters. The van der Waals surface area contributed by atoms with E-state index in [2.05, 4.69) is 9.97 Å². The smallest absolute Gasteiger partial charge is 0.410 e. The van der Waals surface area contributed by atoms with Crippen LogP contribution in [0.1, 0.15) is 58.3 Å². The van der Waals surface area contributed by atoms with Gasteiger partial charge in [-0.05, 0) is 33.6 Å². The van der Waals surface area contributed by atoms with Crippen molar-refractivity contribution >= 4 is 12.0 Å². The van der Waals surface area contributed by atoms with E-state index >= 15 is 0 Å². The quantitative estimate of drug-likeness (QED) is 0.845. The van der Waals surface area contributed by atoms with Gasteiger partial charge in [-0.1, -0.05) is 6.92 Å². The van der Waals surface area contributed by atoms with Crippen molar-refractivity contribution in [2.45, 2.75) is 64.5 Å². The number of rotatable bonds is 1. The zero-order valence-corrected chi connectivity index (χ0v) is 15.6. The topological polar surface area (TPSA) is 78.5 Å². The fourth-order valence-corrected chi connectivity index (χ4v) is 3.92. The van der Waals surface area contributed by atoms with Gasteiger partial charge in [0, 0.05) is 38.2 Å². The number of amides is 2. The summed E-state index contributed by atoms with van der Waals surface area (Å²) in [6, 6.07) is 0. The summed E-state index contributed by atoms with van der Waals surface area (Å²) in [5.41, 5.74) is 1.19. The predicted octanol–water partition coefficient (Wildman–Crippen LogP) is 2.43. The van der Waals surface area contributed by atoms with E-state index in [9.17, 15) is 9.59 Å². The van der Waals surface area contributed by atoms with Crippen molar-refractivity contribution < 1.29 is 14.3 Å². The van der Waals surface area contributed by atoms with Gasteiger partial charge in [-0.2, -0.15) is 0 Å². The number of fused-ring (bicyclic) bond motifs is 2. The molecule has 1 fully saturated rings. The third-order valence-electron chi connectivity index (χ3n) is 5.11. The largest absolute Gasteiger partial charge is 0.444 e. The molecular weight excluding hydrogens is 320 g/mol. The van der Waals surface area contributed by atoms with Gasteiger partial charge in [0.1, 0.15) is 5.60 Å². The Hall–Kier alpha value is -2.05. The fraction of sp³-hybridized carbons (Fsp3) is 0.722. The van der Waals surface area contributed by atoms with Gasteiger partial charge in [-0.25, -0.2) is 9.78 Å². The molecule has 2 amide bonds. The minimum Gasteiger partial charge on any atom is -0.444 e. The molecule has 7 nitrogen and oxygen atoms in total. The number of nitrogens with zero attached hydrogens (tertiary/aromatic N) is 3. The van der Waals surface area contributed by atoms with E-state index in [0.717, 1.165) is 17.8 Å². The minimum atomic E-state index is -0.503. The lowest BCUT2D eigenvalue weighted by molar-refractivity contribution is -0.141. The van der Waals surface area contributed by atoms with Crippen LogP contribution in [0.4, 0.5) is 4.79 Å². The van der Waals surface area contributed by atoms with Crippen LogP contribution in [0.15, 0.2) is 6.33 Å². The maximum atomic E-state index is 12.6. The molecule has 0 bridgehead atoms. The SMILES string of the molecule is CCC(=O)N1CCc2[nH]cnc2C12CCN(C(=O)OC(C)(C)C)CC2. The summed E-state index contributed by atoms with van der Waals surface area (Å²) in [7, 11) is 0. The van der Waals surface area contributed by atoms with Crippen molar-refractivity contribution in [3.8, 4) is 0 Å². The second-order valence-electron chi connectivity index (χ2n) is 7.88. The first-order valence-corrected chi connectivity index (χ1v) is 9.08. The Bertz CT molecular complexity index is 654. The Morgan fingerprint density at radius 1 is 1.28 bits per heavy atom. The Morgan fingerprint density at radius 2 is 1.96 bits per heavy atom. The number of ether oxygens (including phenoxy) is 1. The maximum absolute atomic E-state index is 12.6. The molecule has 1 spiro atoms. The number of aromatic amines is 1. The van der Waals surface area contributed by atoms with Crippen LogP contribution in [0.5, 0.6) is 0 Å². The van der Waals surface area contributed by atoms with Crippen LogP contribution in [0, 0.1) is 0 Å². The summed E-state index contributed by atoms with van der Waals surface area (Å²) in [5.74, 6) is 0.152. The third-order valence-corrected chi connectivity index (χ3v) is 5.11. The molecule has 3 rings (SSSR count). The lowest BCUT2D eigenvalue weighted by Crippen LogP contribution is -2.59. The second kappa shape index (κ2) is 6.35. The third kappa shape index (κ3) is 3.24. The fourth-order valence-electron chi connectivity index (χ4n) is 3.92. The van der Waals surface area contributed by atoms with E-state index in [1.807, 2.05) is 32.6 Å². The average Bonchev–Trinajstić information content (AvgIpc) is 3.03. The number of carbonyl (C=O) groups excluding carboxylic acids is 2. The molecule has 138 valence electrons. The molecule has 1 N–H and O–H groups in total. The zero-order chi connectivity index (χ0) is 18.2. The first kappa shape index (κ1) is 17.8. The Labute approximate surface area is 148 Å². The zero-order valence-electron chi connectivity index (χ0n) is 15.6. The van der Waals surface area contributed by atoms with Gasteiger partial charge in [0.25, 0.3) is 0 Å². The monoisotopic (exact) mass is 348 g/mol. The second-order valence-corrected chi connectivity index (χ2v) is 7.88. The van der Waals surface area contributed by atoms with E-state index in [-0.39, 0.29) is 12.0 Å². The number of H-pyrrole nitrogens is 1. The van der Waals surface area contributed by atoms with Gasteiger partial charge in [-0.15, -0.1) is 0 Å². The van der Waals surface area contributed by atoms with Gasteiger partial charge in [0.15, 0.2) is 0 Å². The molecule has 0 saturated carbocycles. The Kier molecular flexibility index (Phi) is 4.51. The highest BCUT2D eigenvalue weighted by molar-refractivity contribution is 5.77. The number of hydrogen-bond donors (Lipinski definition) is 1. The van der Waals surface area contributed by atoms with Crippen LogP contribution in [0.25, 0.3) is 0 Å². The Morgan fingerprint density at radius 3 is 2.56 bits per heavy atom. The number of likely N-dealkylation sites (tertiary alicyclic amines) is 1. The molecule has 3 heterocycles. The standard InChI is InChI=1S/C18H28N4O3/c1-5-14(23)22-9-6-13-15(20-12-19-13)18(22)7-10-21(11-8-18)16(24)25-17(2,3)4/h12H,5-11H2,1-4H3,(H,19,20). The first-order chi connectivity index (χ1) is 11.8. The molecule has 0 unspecified atom stereocenters. The van der Waals surface area contributed by atoms with Gasteiger partial charge in [0.2, 0.25) is 5.91 Å². The van der Waals surface area contributed by atoms with E-state index in [1.54, 1.807) is 11.2 Å². The van der Waals surface area contributed by atoms with Crippen molar-refractivity contribution in [1.82, 2.24) is 19.8 Å². The average molecular weight is 348 g/mol. The maximum Gasteiger partial charge on any atom is 0.410 e. The van der Waals surface area contributed by atoms with Crippen LogP contribution in [0.3, 0.4) is 0 Å². The first-order valence-electron chi connectivity index (χ1n) is 9.08. The minimum absolute atomic E-state index is 0.152. The van der Waals surface area contributed by atoms with E-state index in [4.69, 9.17) is 4.74 Å². The van der Waals surface area contributed by atoms with E-state index < -0.39 is 11.1 Å². The number of piperidine rings is 1. The highest BCUT2D eigenvalue weighted by atomic mass is 16.6. The van der Waals surface area contributed by atoms with E-state index in [0.29, 0.717) is 38.9 Å². The van der Waals surface area contributed by atoms with Crippen LogP contribution in [-0.4, -0.2) is 57.0 Å². The molecule has 0 radical (unpaired) electrons. The van der Waals surface area contributed by atoms with Crippen molar-refractivity contribution in [2.75, 3.05) is 19.6 Å². The molecule has 1 aromatic heterocycles. The molecule has 25 heavy (non-hydrogen) atoms. The van der Waals surface area contributed by atoms with Crippen LogP contribution in [0.2, 0.25) is 0 Å². The highest BCUT2D eigenvalue weighted by Crippen LogP contribution is 2.42. The summed E-state index contributed by atoms with van der Waals surface area (Å²) < 4.78 is 5.49. The number of nitrogens with one attached hydrogen (secondary N) is 1. The number of hydrogen-bond acceptors (Lipinski definition) is 4. The summed E-state index contributed by atoms with van der Waals surface area (Å²) >= 11 is 0. The number of aromatic nitrogens is 2. The molecular formula is C18H28N4O3. The van der Waals surface area contributed by atoms with Crippen molar-refractivity contribution in [1.29, 1.82) is 0 Å². The van der Waals surface area contributed by atoms with Gasteiger partial charge >= 0.3 is 6.09 Å². The summed E-state index contributed by atoms with van der Waals surface area (Å²) in [5, 5.41) is 0. The van der Waals surface area contributed by atoms with Gasteiger partial charge in [-0.3, -0.25) is 4.79 Å².